The minimum absolute atomic E-state index is 0.00289. The average Bonchev–Trinajstić information content (AvgIpc) is 3.16. The first-order valence-electron chi connectivity index (χ1n) is 8.52. The molecule has 6 heteroatoms. The normalized spacial score (nSPS) is 16.4. The summed E-state index contributed by atoms with van der Waals surface area (Å²) >= 11 is 3.39. The van der Waals surface area contributed by atoms with E-state index in [0.29, 0.717) is 5.75 Å². The molecule has 3 rings (SSSR count). The van der Waals surface area contributed by atoms with Crippen LogP contribution < -0.4 is 14.2 Å². The Morgan fingerprint density at radius 3 is 2.54 bits per heavy atom. The van der Waals surface area contributed by atoms with Crippen LogP contribution >= 0.6 is 15.9 Å². The second kappa shape index (κ2) is 8.45. The first-order chi connectivity index (χ1) is 12.6. The maximum Gasteiger partial charge on any atom is 0.261 e. The number of hydrogen-bond donors (Lipinski definition) is 0. The summed E-state index contributed by atoms with van der Waals surface area (Å²) in [5.74, 6) is 2.13. The second-order valence-electron chi connectivity index (χ2n) is 6.10. The fraction of sp³-hybridized carbons (Fsp3) is 0.350. The van der Waals surface area contributed by atoms with Gasteiger partial charge in [-0.3, -0.25) is 4.79 Å². The summed E-state index contributed by atoms with van der Waals surface area (Å²) in [6.45, 7) is 0.749. The van der Waals surface area contributed by atoms with Gasteiger partial charge in [-0.15, -0.1) is 0 Å². The van der Waals surface area contributed by atoms with Gasteiger partial charge in [0.15, 0.2) is 6.61 Å². The van der Waals surface area contributed by atoms with Crippen LogP contribution in [0.2, 0.25) is 0 Å². The maximum atomic E-state index is 12.7. The number of carbonyl (C=O) groups excluding carboxylic acids is 1. The molecule has 0 saturated carbocycles. The Bertz CT molecular complexity index is 763. The molecule has 2 aromatic rings. The van der Waals surface area contributed by atoms with E-state index in [1.807, 2.05) is 47.4 Å². The molecule has 26 heavy (non-hydrogen) atoms. The van der Waals surface area contributed by atoms with Gasteiger partial charge in [0.1, 0.15) is 17.2 Å². The quantitative estimate of drug-likeness (QED) is 0.703. The lowest BCUT2D eigenvalue weighted by Gasteiger charge is -2.26. The lowest BCUT2D eigenvalue weighted by atomic mass is 10.0. The van der Waals surface area contributed by atoms with E-state index in [0.717, 1.165) is 40.9 Å². The number of benzene rings is 2. The molecule has 1 aliphatic heterocycles. The van der Waals surface area contributed by atoms with Gasteiger partial charge in [-0.05, 0) is 49.2 Å². The molecule has 1 aliphatic rings. The fourth-order valence-corrected chi connectivity index (χ4v) is 3.51. The van der Waals surface area contributed by atoms with Crippen LogP contribution in [0.5, 0.6) is 17.2 Å². The molecule has 0 aromatic heterocycles. The molecule has 1 heterocycles. The van der Waals surface area contributed by atoms with Gasteiger partial charge in [0, 0.05) is 22.6 Å². The van der Waals surface area contributed by atoms with E-state index >= 15 is 0 Å². The van der Waals surface area contributed by atoms with E-state index in [4.69, 9.17) is 14.2 Å². The van der Waals surface area contributed by atoms with Gasteiger partial charge in [0.2, 0.25) is 0 Å². The van der Waals surface area contributed by atoms with Crippen LogP contribution in [-0.2, 0) is 4.79 Å². The Morgan fingerprint density at radius 2 is 1.85 bits per heavy atom. The maximum absolute atomic E-state index is 12.7. The average molecular weight is 420 g/mol. The molecule has 0 aliphatic carbocycles. The lowest BCUT2D eigenvalue weighted by molar-refractivity contribution is -0.134. The molecule has 5 nitrogen and oxygen atoms in total. The predicted octanol–water partition coefficient (Wildman–Crippen LogP) is 4.21. The number of hydrogen-bond acceptors (Lipinski definition) is 4. The first-order valence-corrected chi connectivity index (χ1v) is 9.31. The van der Waals surface area contributed by atoms with Crippen LogP contribution in [0.4, 0.5) is 0 Å². The minimum Gasteiger partial charge on any atom is -0.497 e. The van der Waals surface area contributed by atoms with Crippen LogP contribution in [0.1, 0.15) is 24.4 Å². The molecule has 0 spiro atoms. The van der Waals surface area contributed by atoms with Crippen LogP contribution in [0, 0.1) is 0 Å². The van der Waals surface area contributed by atoms with Gasteiger partial charge in [0.25, 0.3) is 5.91 Å². The highest BCUT2D eigenvalue weighted by Crippen LogP contribution is 2.38. The van der Waals surface area contributed by atoms with E-state index < -0.39 is 0 Å². The highest BCUT2D eigenvalue weighted by Gasteiger charge is 2.32. The van der Waals surface area contributed by atoms with Crippen molar-refractivity contribution < 1.29 is 19.0 Å². The van der Waals surface area contributed by atoms with Crippen LogP contribution in [0.25, 0.3) is 0 Å². The topological polar surface area (TPSA) is 48.0 Å². The number of ether oxygens (including phenoxy) is 3. The van der Waals surface area contributed by atoms with Crippen LogP contribution in [0.3, 0.4) is 0 Å². The largest absolute Gasteiger partial charge is 0.497 e. The minimum atomic E-state index is -0.0201. The number of rotatable bonds is 6. The van der Waals surface area contributed by atoms with E-state index in [9.17, 15) is 4.79 Å². The summed E-state index contributed by atoms with van der Waals surface area (Å²) in [7, 11) is 3.26. The van der Waals surface area contributed by atoms with Crippen molar-refractivity contribution in [2.45, 2.75) is 18.9 Å². The van der Waals surface area contributed by atoms with Crippen molar-refractivity contribution in [3.63, 3.8) is 0 Å². The molecule has 1 unspecified atom stereocenters. The number of likely N-dealkylation sites (tertiary alicyclic amines) is 1. The van der Waals surface area contributed by atoms with Gasteiger partial charge in [-0.25, -0.2) is 0 Å². The number of nitrogens with zero attached hydrogens (tertiary/aromatic N) is 1. The van der Waals surface area contributed by atoms with Crippen molar-refractivity contribution in [3.8, 4) is 17.2 Å². The van der Waals surface area contributed by atoms with E-state index in [1.165, 1.54) is 0 Å². The molecule has 0 radical (unpaired) electrons. The Hall–Kier alpha value is -2.21. The predicted molar refractivity (Wildman–Crippen MR) is 103 cm³/mol. The zero-order valence-electron chi connectivity index (χ0n) is 14.9. The highest BCUT2D eigenvalue weighted by atomic mass is 79.9. The molecule has 1 amide bonds. The van der Waals surface area contributed by atoms with Gasteiger partial charge in [0.05, 0.1) is 20.3 Å². The molecular formula is C20H22BrNO4. The van der Waals surface area contributed by atoms with Crippen molar-refractivity contribution in [3.05, 3.63) is 52.5 Å². The number of halogens is 1. The Kier molecular flexibility index (Phi) is 6.04. The molecular weight excluding hydrogens is 398 g/mol. The van der Waals surface area contributed by atoms with Crippen LogP contribution in [0.15, 0.2) is 46.9 Å². The van der Waals surface area contributed by atoms with Crippen molar-refractivity contribution in [1.82, 2.24) is 4.90 Å². The second-order valence-corrected chi connectivity index (χ2v) is 7.01. The Morgan fingerprint density at radius 1 is 1.12 bits per heavy atom. The fourth-order valence-electron chi connectivity index (χ4n) is 3.24. The summed E-state index contributed by atoms with van der Waals surface area (Å²) in [6.07, 6.45) is 1.87. The van der Waals surface area contributed by atoms with Crippen molar-refractivity contribution in [1.29, 1.82) is 0 Å². The zero-order valence-corrected chi connectivity index (χ0v) is 16.5. The van der Waals surface area contributed by atoms with E-state index in [-0.39, 0.29) is 18.6 Å². The summed E-state index contributed by atoms with van der Waals surface area (Å²) < 4.78 is 17.4. The third kappa shape index (κ3) is 4.12. The molecule has 0 bridgehead atoms. The van der Waals surface area contributed by atoms with E-state index in [2.05, 4.69) is 15.9 Å². The third-order valence-corrected chi connectivity index (χ3v) is 5.08. The SMILES string of the molecule is COc1ccc(C2CCCN2C(=O)COc2ccc(Br)cc2)c(OC)c1. The third-order valence-electron chi connectivity index (χ3n) is 4.55. The smallest absolute Gasteiger partial charge is 0.261 e. The van der Waals surface area contributed by atoms with Gasteiger partial charge < -0.3 is 19.1 Å². The van der Waals surface area contributed by atoms with E-state index in [1.54, 1.807) is 14.2 Å². The standard InChI is InChI=1S/C20H22BrNO4/c1-24-16-9-10-17(19(12-16)25-2)18-4-3-11-22(18)20(23)13-26-15-7-5-14(21)6-8-15/h5-10,12,18H,3-4,11,13H2,1-2H3. The molecule has 138 valence electrons. The van der Waals surface area contributed by atoms with Crippen LogP contribution in [-0.4, -0.2) is 38.2 Å². The number of carbonyl (C=O) groups is 1. The monoisotopic (exact) mass is 419 g/mol. The highest BCUT2D eigenvalue weighted by molar-refractivity contribution is 9.10. The molecule has 1 atom stereocenters. The van der Waals surface area contributed by atoms with Crippen molar-refractivity contribution in [2.24, 2.45) is 0 Å². The van der Waals surface area contributed by atoms with Gasteiger partial charge >= 0.3 is 0 Å². The molecule has 1 saturated heterocycles. The van der Waals surface area contributed by atoms with Gasteiger partial charge in [-0.1, -0.05) is 15.9 Å². The molecule has 2 aromatic carbocycles. The Balaban J connectivity index is 1.71. The lowest BCUT2D eigenvalue weighted by Crippen LogP contribution is -2.34. The number of amides is 1. The first kappa shape index (κ1) is 18.6. The number of methoxy groups -OCH3 is 2. The van der Waals surface area contributed by atoms with Crippen molar-refractivity contribution in [2.75, 3.05) is 27.4 Å². The van der Waals surface area contributed by atoms with Gasteiger partial charge in [-0.2, -0.15) is 0 Å². The summed E-state index contributed by atoms with van der Waals surface area (Å²) in [5.41, 5.74) is 1.00. The molecule has 0 N–H and O–H groups in total. The van der Waals surface area contributed by atoms with Crippen molar-refractivity contribution >= 4 is 21.8 Å². The Labute approximate surface area is 162 Å². The summed E-state index contributed by atoms with van der Waals surface area (Å²) in [5, 5.41) is 0. The summed E-state index contributed by atoms with van der Waals surface area (Å²) in [4.78, 5) is 14.6. The summed E-state index contributed by atoms with van der Waals surface area (Å²) in [6, 6.07) is 13.2. The molecule has 1 fully saturated rings. The zero-order chi connectivity index (χ0) is 18.5.